The lowest BCUT2D eigenvalue weighted by Crippen LogP contribution is -2.34. The van der Waals surface area contributed by atoms with Gasteiger partial charge in [0, 0.05) is 29.2 Å². The summed E-state index contributed by atoms with van der Waals surface area (Å²) < 4.78 is 0. The zero-order valence-corrected chi connectivity index (χ0v) is 18.6. The number of carbonyl (C=O) groups is 1. The lowest BCUT2D eigenvalue weighted by molar-refractivity contribution is -0.115. The van der Waals surface area contributed by atoms with E-state index in [9.17, 15) is 4.79 Å². The number of amides is 1. The second-order valence-corrected chi connectivity index (χ2v) is 8.29. The molecule has 1 saturated heterocycles. The van der Waals surface area contributed by atoms with Crippen molar-refractivity contribution in [3.8, 4) is 0 Å². The van der Waals surface area contributed by atoms with E-state index < -0.39 is 0 Å². The van der Waals surface area contributed by atoms with Gasteiger partial charge in [-0.3, -0.25) is 10.1 Å². The summed E-state index contributed by atoms with van der Waals surface area (Å²) in [5, 5.41) is 7.59. The fraction of sp³-hybridized carbons (Fsp3) is 0.238. The van der Waals surface area contributed by atoms with Gasteiger partial charge in [-0.2, -0.15) is 0 Å². The largest absolute Gasteiger partial charge is 0.369 e. The Kier molecular flexibility index (Phi) is 7.78. The molecule has 0 radical (unpaired) electrons. The van der Waals surface area contributed by atoms with Crippen molar-refractivity contribution >= 4 is 75.5 Å². The summed E-state index contributed by atoms with van der Waals surface area (Å²) in [6.45, 7) is 1.89. The van der Waals surface area contributed by atoms with Crippen LogP contribution in [0.25, 0.3) is 6.08 Å². The maximum atomic E-state index is 12.2. The Labute approximate surface area is 190 Å². The molecule has 1 heterocycles. The third-order valence-corrected chi connectivity index (χ3v) is 5.59. The highest BCUT2D eigenvalue weighted by Crippen LogP contribution is 2.35. The van der Waals surface area contributed by atoms with E-state index in [4.69, 9.17) is 47.0 Å². The summed E-state index contributed by atoms with van der Waals surface area (Å²) in [6.07, 6.45) is 6.46. The van der Waals surface area contributed by atoms with Crippen molar-refractivity contribution in [2.45, 2.75) is 19.3 Å². The van der Waals surface area contributed by atoms with Gasteiger partial charge >= 0.3 is 0 Å². The van der Waals surface area contributed by atoms with Gasteiger partial charge in [0.25, 0.3) is 0 Å². The van der Waals surface area contributed by atoms with Gasteiger partial charge in [-0.05, 0) is 67.4 Å². The molecule has 2 N–H and O–H groups in total. The SMILES string of the molecule is O=C(/C=C/c1ccc(Cl)cc1Cl)NC(=S)Nc1cccc(Cl)c1N1CCCCC1. The monoisotopic (exact) mass is 467 g/mol. The molecule has 3 rings (SSSR count). The molecule has 0 aliphatic carbocycles. The number of thiocarbonyl (C=S) groups is 1. The molecule has 0 unspecified atom stereocenters. The van der Waals surface area contributed by atoms with Gasteiger partial charge in [-0.25, -0.2) is 0 Å². The summed E-state index contributed by atoms with van der Waals surface area (Å²) in [4.78, 5) is 14.5. The molecule has 2 aromatic rings. The maximum Gasteiger partial charge on any atom is 0.250 e. The van der Waals surface area contributed by atoms with Crippen molar-refractivity contribution in [1.29, 1.82) is 0 Å². The minimum Gasteiger partial charge on any atom is -0.369 e. The molecule has 0 aromatic heterocycles. The lowest BCUT2D eigenvalue weighted by Gasteiger charge is -2.31. The van der Waals surface area contributed by atoms with Crippen molar-refractivity contribution in [2.75, 3.05) is 23.3 Å². The third-order valence-electron chi connectivity index (χ3n) is 4.52. The van der Waals surface area contributed by atoms with Crippen LogP contribution in [0.1, 0.15) is 24.8 Å². The molecule has 1 aliphatic heterocycles. The zero-order chi connectivity index (χ0) is 20.8. The number of nitrogens with one attached hydrogen (secondary N) is 2. The predicted octanol–water partition coefficient (Wildman–Crippen LogP) is 6.16. The highest BCUT2D eigenvalue weighted by atomic mass is 35.5. The van der Waals surface area contributed by atoms with Crippen molar-refractivity contribution in [1.82, 2.24) is 5.32 Å². The molecule has 1 fully saturated rings. The lowest BCUT2D eigenvalue weighted by atomic mass is 10.1. The molecule has 0 atom stereocenters. The first-order chi connectivity index (χ1) is 13.9. The van der Waals surface area contributed by atoms with E-state index in [1.807, 2.05) is 18.2 Å². The molecule has 8 heteroatoms. The molecule has 0 bridgehead atoms. The van der Waals surface area contributed by atoms with Crippen LogP contribution < -0.4 is 15.5 Å². The first-order valence-electron chi connectivity index (χ1n) is 9.22. The van der Waals surface area contributed by atoms with Gasteiger partial charge in [-0.1, -0.05) is 46.9 Å². The van der Waals surface area contributed by atoms with E-state index >= 15 is 0 Å². The van der Waals surface area contributed by atoms with Gasteiger partial charge in [0.1, 0.15) is 0 Å². The smallest absolute Gasteiger partial charge is 0.250 e. The second-order valence-electron chi connectivity index (χ2n) is 6.63. The fourth-order valence-electron chi connectivity index (χ4n) is 3.16. The molecule has 0 saturated carbocycles. The van der Waals surface area contributed by atoms with E-state index in [0.29, 0.717) is 20.6 Å². The van der Waals surface area contributed by atoms with Gasteiger partial charge in [0.2, 0.25) is 5.91 Å². The van der Waals surface area contributed by atoms with E-state index in [0.717, 1.165) is 37.3 Å². The summed E-state index contributed by atoms with van der Waals surface area (Å²) in [5.41, 5.74) is 2.37. The van der Waals surface area contributed by atoms with E-state index in [-0.39, 0.29) is 11.0 Å². The van der Waals surface area contributed by atoms with Crippen LogP contribution in [0.15, 0.2) is 42.5 Å². The number of para-hydroxylation sites is 1. The van der Waals surface area contributed by atoms with Crippen molar-refractivity contribution < 1.29 is 4.79 Å². The number of piperidine rings is 1. The van der Waals surface area contributed by atoms with Gasteiger partial charge in [0.15, 0.2) is 5.11 Å². The van der Waals surface area contributed by atoms with Crippen LogP contribution >= 0.6 is 47.0 Å². The highest BCUT2D eigenvalue weighted by Gasteiger charge is 2.18. The Morgan fingerprint density at radius 3 is 2.52 bits per heavy atom. The van der Waals surface area contributed by atoms with E-state index in [2.05, 4.69) is 15.5 Å². The van der Waals surface area contributed by atoms with Gasteiger partial charge < -0.3 is 10.2 Å². The quantitative estimate of drug-likeness (QED) is 0.416. The summed E-state index contributed by atoms with van der Waals surface area (Å²) >= 11 is 23.7. The second kappa shape index (κ2) is 10.3. The van der Waals surface area contributed by atoms with Gasteiger partial charge in [0.05, 0.1) is 16.4 Å². The fourth-order valence-corrected chi connectivity index (χ4v) is 4.14. The predicted molar refractivity (Wildman–Crippen MR) is 127 cm³/mol. The third kappa shape index (κ3) is 6.09. The maximum absolute atomic E-state index is 12.2. The van der Waals surface area contributed by atoms with Crippen LogP contribution in [0.4, 0.5) is 11.4 Å². The molecule has 0 spiro atoms. The Morgan fingerprint density at radius 2 is 1.79 bits per heavy atom. The molecular weight excluding hydrogens is 449 g/mol. The summed E-state index contributed by atoms with van der Waals surface area (Å²) in [7, 11) is 0. The van der Waals surface area contributed by atoms with Crippen LogP contribution in [0.5, 0.6) is 0 Å². The summed E-state index contributed by atoms with van der Waals surface area (Å²) in [5.74, 6) is -0.366. The Bertz CT molecular complexity index is 943. The van der Waals surface area contributed by atoms with Crippen molar-refractivity contribution in [3.63, 3.8) is 0 Å². The van der Waals surface area contributed by atoms with Crippen LogP contribution in [-0.2, 0) is 4.79 Å². The van der Waals surface area contributed by atoms with Crippen LogP contribution in [-0.4, -0.2) is 24.1 Å². The summed E-state index contributed by atoms with van der Waals surface area (Å²) in [6, 6.07) is 10.7. The number of hydrogen-bond acceptors (Lipinski definition) is 3. The number of benzene rings is 2. The molecule has 1 amide bonds. The molecular formula is C21H20Cl3N3OS. The van der Waals surface area contributed by atoms with Crippen LogP contribution in [0.2, 0.25) is 15.1 Å². The van der Waals surface area contributed by atoms with Gasteiger partial charge in [-0.15, -0.1) is 0 Å². The van der Waals surface area contributed by atoms with Crippen LogP contribution in [0.3, 0.4) is 0 Å². The first kappa shape index (κ1) is 21.9. The van der Waals surface area contributed by atoms with Crippen LogP contribution in [0, 0.1) is 0 Å². The van der Waals surface area contributed by atoms with E-state index in [1.54, 1.807) is 24.3 Å². The first-order valence-corrected chi connectivity index (χ1v) is 10.8. The average molecular weight is 469 g/mol. The number of halogens is 3. The number of hydrogen-bond donors (Lipinski definition) is 2. The Balaban J connectivity index is 1.65. The Hall–Kier alpha value is -1.79. The topological polar surface area (TPSA) is 44.4 Å². The highest BCUT2D eigenvalue weighted by molar-refractivity contribution is 7.80. The molecule has 2 aromatic carbocycles. The normalized spacial score (nSPS) is 14.1. The van der Waals surface area contributed by atoms with Crippen molar-refractivity contribution in [2.24, 2.45) is 0 Å². The number of carbonyl (C=O) groups excluding carboxylic acids is 1. The molecule has 29 heavy (non-hydrogen) atoms. The minimum atomic E-state index is -0.366. The molecule has 4 nitrogen and oxygen atoms in total. The standard InChI is InChI=1S/C21H20Cl3N3OS/c22-15-9-7-14(17(24)13-15)8-10-19(28)26-21(29)25-18-6-4-5-16(23)20(18)27-11-2-1-3-12-27/h4-10,13H,1-3,11-12H2,(H2,25,26,28,29)/b10-8+. The molecule has 1 aliphatic rings. The van der Waals surface area contributed by atoms with Crippen molar-refractivity contribution in [3.05, 3.63) is 63.1 Å². The zero-order valence-electron chi connectivity index (χ0n) is 15.6. The number of anilines is 2. The Morgan fingerprint density at radius 1 is 1.03 bits per heavy atom. The minimum absolute atomic E-state index is 0.197. The average Bonchev–Trinajstić information content (AvgIpc) is 2.68. The number of nitrogens with zero attached hydrogens (tertiary/aromatic N) is 1. The number of rotatable bonds is 4. The molecule has 152 valence electrons. The van der Waals surface area contributed by atoms with E-state index in [1.165, 1.54) is 12.5 Å².